The van der Waals surface area contributed by atoms with E-state index in [2.05, 4.69) is 11.4 Å². The number of hydrogen-bond acceptors (Lipinski definition) is 4. The molecule has 1 amide bonds. The van der Waals surface area contributed by atoms with E-state index in [9.17, 15) is 9.59 Å². The Morgan fingerprint density at radius 1 is 1.22 bits per heavy atom. The van der Waals surface area contributed by atoms with E-state index in [1.165, 1.54) is 12.1 Å². The monoisotopic (exact) mass is 307 g/mol. The normalized spacial score (nSPS) is 13.5. The van der Waals surface area contributed by atoms with Crippen LogP contribution in [-0.4, -0.2) is 23.5 Å². The van der Waals surface area contributed by atoms with E-state index in [0.29, 0.717) is 17.8 Å². The van der Waals surface area contributed by atoms with Crippen LogP contribution in [0.1, 0.15) is 21.5 Å². The molecule has 2 aromatic rings. The van der Waals surface area contributed by atoms with Gasteiger partial charge < -0.3 is 15.3 Å². The summed E-state index contributed by atoms with van der Waals surface area (Å²) in [5.41, 5.74) is 2.75. The van der Waals surface area contributed by atoms with Crippen molar-refractivity contribution in [2.24, 2.45) is 0 Å². The average molecular weight is 307 g/mol. The molecule has 0 spiro atoms. The summed E-state index contributed by atoms with van der Waals surface area (Å²) in [5, 5.41) is 20.8. The molecule has 114 valence electrons. The molecule has 0 radical (unpaired) electrons. The number of nitriles is 1. The quantitative estimate of drug-likeness (QED) is 0.887. The first kappa shape index (κ1) is 14.6. The van der Waals surface area contributed by atoms with Crippen LogP contribution in [0.2, 0.25) is 0 Å². The number of nitrogens with one attached hydrogen (secondary N) is 1. The van der Waals surface area contributed by atoms with E-state index in [1.807, 2.05) is 11.0 Å². The fraction of sp³-hybridized carbons (Fsp3) is 0.118. The Balaban J connectivity index is 1.98. The Kier molecular flexibility index (Phi) is 3.69. The lowest BCUT2D eigenvalue weighted by Crippen LogP contribution is -2.29. The molecule has 1 aliphatic heterocycles. The summed E-state index contributed by atoms with van der Waals surface area (Å²) in [7, 11) is 0. The van der Waals surface area contributed by atoms with Gasteiger partial charge in [0.05, 0.1) is 23.7 Å². The second-order valence-corrected chi connectivity index (χ2v) is 5.24. The number of benzene rings is 2. The maximum atomic E-state index is 12.1. The van der Waals surface area contributed by atoms with E-state index in [-0.39, 0.29) is 18.0 Å². The van der Waals surface area contributed by atoms with Crippen LogP contribution in [0.25, 0.3) is 0 Å². The summed E-state index contributed by atoms with van der Waals surface area (Å²) in [5.74, 6) is -1.27. The highest BCUT2D eigenvalue weighted by Gasteiger charge is 2.21. The van der Waals surface area contributed by atoms with Crippen molar-refractivity contribution in [2.75, 3.05) is 16.8 Å². The minimum absolute atomic E-state index is 0.129. The second kappa shape index (κ2) is 5.81. The molecule has 6 heteroatoms. The minimum Gasteiger partial charge on any atom is -0.478 e. The van der Waals surface area contributed by atoms with Crippen LogP contribution in [0.3, 0.4) is 0 Å². The van der Waals surface area contributed by atoms with Crippen molar-refractivity contribution in [3.8, 4) is 6.07 Å². The Morgan fingerprint density at radius 2 is 2.04 bits per heavy atom. The third-order valence-electron chi connectivity index (χ3n) is 3.67. The third kappa shape index (κ3) is 2.99. The first-order chi connectivity index (χ1) is 11.1. The van der Waals surface area contributed by atoms with Gasteiger partial charge in [-0.2, -0.15) is 5.26 Å². The van der Waals surface area contributed by atoms with Gasteiger partial charge in [-0.3, -0.25) is 4.79 Å². The molecule has 2 N–H and O–H groups in total. The molecule has 0 aromatic heterocycles. The van der Waals surface area contributed by atoms with Crippen molar-refractivity contribution in [1.82, 2.24) is 0 Å². The van der Waals surface area contributed by atoms with Gasteiger partial charge in [0, 0.05) is 17.9 Å². The number of anilines is 2. The molecule has 0 atom stereocenters. The molecular weight excluding hydrogens is 294 g/mol. The van der Waals surface area contributed by atoms with Gasteiger partial charge in [0.15, 0.2) is 0 Å². The van der Waals surface area contributed by atoms with Gasteiger partial charge >= 0.3 is 5.97 Å². The van der Waals surface area contributed by atoms with Crippen molar-refractivity contribution in [2.45, 2.75) is 6.54 Å². The smallest absolute Gasteiger partial charge is 0.335 e. The van der Waals surface area contributed by atoms with Crippen LogP contribution in [0.15, 0.2) is 42.5 Å². The maximum absolute atomic E-state index is 12.1. The minimum atomic E-state index is -1.04. The topological polar surface area (TPSA) is 93.4 Å². The zero-order valence-electron chi connectivity index (χ0n) is 12.1. The van der Waals surface area contributed by atoms with E-state index in [0.717, 1.165) is 11.3 Å². The van der Waals surface area contributed by atoms with Crippen molar-refractivity contribution in [3.05, 3.63) is 59.2 Å². The number of rotatable bonds is 2. The molecule has 0 unspecified atom stereocenters. The summed E-state index contributed by atoms with van der Waals surface area (Å²) in [6.07, 6.45) is 0. The highest BCUT2D eigenvalue weighted by Crippen LogP contribution is 2.26. The lowest BCUT2D eigenvalue weighted by Gasteiger charge is -2.22. The Bertz CT molecular complexity index is 839. The number of fused-ring (bicyclic) bond motifs is 1. The number of carboxylic acid groups (broad SMARTS) is 1. The lowest BCUT2D eigenvalue weighted by atomic mass is 10.1. The number of carbonyl (C=O) groups is 2. The molecule has 0 bridgehead atoms. The molecule has 1 heterocycles. The van der Waals surface area contributed by atoms with E-state index in [1.54, 1.807) is 24.3 Å². The number of carboxylic acids is 1. The predicted octanol–water partition coefficient (Wildman–Crippen LogP) is 2.22. The Hall–Kier alpha value is -3.33. The van der Waals surface area contributed by atoms with Crippen LogP contribution in [0.4, 0.5) is 11.4 Å². The molecule has 23 heavy (non-hydrogen) atoms. The number of carbonyl (C=O) groups excluding carboxylic acids is 1. The number of aromatic carboxylic acids is 1. The van der Waals surface area contributed by atoms with E-state index >= 15 is 0 Å². The Labute approximate surface area is 132 Å². The van der Waals surface area contributed by atoms with E-state index in [4.69, 9.17) is 10.4 Å². The maximum Gasteiger partial charge on any atom is 0.335 e. The van der Waals surface area contributed by atoms with Gasteiger partial charge in [-0.05, 0) is 35.9 Å². The summed E-state index contributed by atoms with van der Waals surface area (Å²) < 4.78 is 0. The standard InChI is InChI=1S/C17H13N3O3/c18-8-11-2-1-3-14(6-11)20-9-13-5-4-12(17(22)23)7-15(13)19-16(21)10-20/h1-7H,9-10H2,(H,19,21)(H,22,23). The van der Waals surface area contributed by atoms with Crippen LogP contribution >= 0.6 is 0 Å². The SMILES string of the molecule is N#Cc1cccc(N2CC(=O)Nc3cc(C(=O)O)ccc3C2)c1. The van der Waals surface area contributed by atoms with Crippen molar-refractivity contribution in [1.29, 1.82) is 5.26 Å². The predicted molar refractivity (Wildman–Crippen MR) is 84.2 cm³/mol. The van der Waals surface area contributed by atoms with Crippen LogP contribution < -0.4 is 10.2 Å². The molecule has 3 rings (SSSR count). The molecule has 0 aliphatic carbocycles. The number of hydrogen-bond donors (Lipinski definition) is 2. The molecule has 0 saturated carbocycles. The first-order valence-corrected chi connectivity index (χ1v) is 6.98. The highest BCUT2D eigenvalue weighted by atomic mass is 16.4. The summed E-state index contributed by atoms with van der Waals surface area (Å²) >= 11 is 0. The van der Waals surface area contributed by atoms with Gasteiger partial charge in [0.25, 0.3) is 0 Å². The van der Waals surface area contributed by atoms with Crippen LogP contribution in [-0.2, 0) is 11.3 Å². The van der Waals surface area contributed by atoms with Crippen molar-refractivity contribution < 1.29 is 14.7 Å². The molecule has 0 fully saturated rings. The fourth-order valence-corrected chi connectivity index (χ4v) is 2.54. The fourth-order valence-electron chi connectivity index (χ4n) is 2.54. The third-order valence-corrected chi connectivity index (χ3v) is 3.67. The van der Waals surface area contributed by atoms with E-state index < -0.39 is 5.97 Å². The van der Waals surface area contributed by atoms with Crippen molar-refractivity contribution in [3.63, 3.8) is 0 Å². The average Bonchev–Trinajstić information content (AvgIpc) is 2.72. The van der Waals surface area contributed by atoms with Gasteiger partial charge in [0.1, 0.15) is 0 Å². The zero-order valence-corrected chi connectivity index (χ0v) is 12.1. The van der Waals surface area contributed by atoms with Gasteiger partial charge in [-0.25, -0.2) is 4.79 Å². The molecule has 6 nitrogen and oxygen atoms in total. The van der Waals surface area contributed by atoms with Crippen LogP contribution in [0.5, 0.6) is 0 Å². The van der Waals surface area contributed by atoms with Gasteiger partial charge in [-0.1, -0.05) is 12.1 Å². The molecule has 2 aromatic carbocycles. The number of nitrogens with zero attached hydrogens (tertiary/aromatic N) is 2. The lowest BCUT2D eigenvalue weighted by molar-refractivity contribution is -0.114. The molecule has 1 aliphatic rings. The van der Waals surface area contributed by atoms with Gasteiger partial charge in [0.2, 0.25) is 5.91 Å². The summed E-state index contributed by atoms with van der Waals surface area (Å²) in [6, 6.07) is 13.8. The zero-order chi connectivity index (χ0) is 16.4. The second-order valence-electron chi connectivity index (χ2n) is 5.24. The highest BCUT2D eigenvalue weighted by molar-refractivity contribution is 5.98. The number of amides is 1. The molecule has 0 saturated heterocycles. The van der Waals surface area contributed by atoms with Gasteiger partial charge in [-0.15, -0.1) is 0 Å². The first-order valence-electron chi connectivity index (χ1n) is 6.98. The summed E-state index contributed by atoms with van der Waals surface area (Å²) in [6.45, 7) is 0.578. The van der Waals surface area contributed by atoms with Crippen molar-refractivity contribution >= 4 is 23.3 Å². The molecular formula is C17H13N3O3. The Morgan fingerprint density at radius 3 is 2.78 bits per heavy atom. The largest absolute Gasteiger partial charge is 0.478 e. The van der Waals surface area contributed by atoms with Crippen LogP contribution in [0, 0.1) is 11.3 Å². The summed E-state index contributed by atoms with van der Waals surface area (Å²) in [4.78, 5) is 25.0.